The Morgan fingerprint density at radius 3 is 2.55 bits per heavy atom. The van der Waals surface area contributed by atoms with Gasteiger partial charge in [-0.25, -0.2) is 4.79 Å². The number of benzene rings is 1. The molecule has 1 aliphatic rings. The van der Waals surface area contributed by atoms with E-state index >= 15 is 0 Å². The van der Waals surface area contributed by atoms with Crippen molar-refractivity contribution in [2.75, 3.05) is 6.54 Å². The van der Waals surface area contributed by atoms with Gasteiger partial charge in [0.25, 0.3) is 0 Å². The predicted molar refractivity (Wildman–Crippen MR) is 82.9 cm³/mol. The summed E-state index contributed by atoms with van der Waals surface area (Å²) < 4.78 is 0. The Labute approximate surface area is 122 Å². The molecule has 3 nitrogen and oxygen atoms in total. The largest absolute Gasteiger partial charge is 0.338 e. The Kier molecular flexibility index (Phi) is 5.05. The Balaban J connectivity index is 1.95. The van der Waals surface area contributed by atoms with Crippen LogP contribution in [0.4, 0.5) is 4.79 Å². The standard InChI is InChI=1S/C17H26N2O/c1-12(2)11-18-17(20)19-13(3)15-9-8-14-6-4-5-7-16(14)10-15/h8-10,12-13H,4-7,11H2,1-3H3,(H2,18,19,20). The maximum Gasteiger partial charge on any atom is 0.315 e. The second-order valence-electron chi connectivity index (χ2n) is 6.21. The van der Waals surface area contributed by atoms with Gasteiger partial charge in [0.1, 0.15) is 0 Å². The van der Waals surface area contributed by atoms with Crippen LogP contribution in [0.25, 0.3) is 0 Å². The minimum atomic E-state index is -0.0797. The molecule has 1 aromatic carbocycles. The molecule has 1 unspecified atom stereocenters. The van der Waals surface area contributed by atoms with Gasteiger partial charge in [0.2, 0.25) is 0 Å². The molecular formula is C17H26N2O. The molecule has 0 spiro atoms. The van der Waals surface area contributed by atoms with Crippen LogP contribution in [-0.2, 0) is 12.8 Å². The van der Waals surface area contributed by atoms with Crippen molar-refractivity contribution in [3.8, 4) is 0 Å². The highest BCUT2D eigenvalue weighted by Crippen LogP contribution is 2.24. The van der Waals surface area contributed by atoms with Gasteiger partial charge in [-0.3, -0.25) is 0 Å². The van der Waals surface area contributed by atoms with Gasteiger partial charge in [-0.2, -0.15) is 0 Å². The van der Waals surface area contributed by atoms with E-state index < -0.39 is 0 Å². The van der Waals surface area contributed by atoms with Gasteiger partial charge in [0.15, 0.2) is 0 Å². The highest BCUT2D eigenvalue weighted by Gasteiger charge is 2.14. The van der Waals surface area contributed by atoms with Crippen molar-refractivity contribution in [3.63, 3.8) is 0 Å². The molecule has 20 heavy (non-hydrogen) atoms. The van der Waals surface area contributed by atoms with E-state index in [0.29, 0.717) is 12.5 Å². The summed E-state index contributed by atoms with van der Waals surface area (Å²) in [4.78, 5) is 11.8. The highest BCUT2D eigenvalue weighted by atomic mass is 16.2. The maximum absolute atomic E-state index is 11.8. The summed E-state index contributed by atoms with van der Waals surface area (Å²) in [5.41, 5.74) is 4.15. The van der Waals surface area contributed by atoms with Crippen LogP contribution >= 0.6 is 0 Å². The number of carbonyl (C=O) groups excluding carboxylic acids is 1. The third kappa shape index (κ3) is 3.99. The van der Waals surface area contributed by atoms with Gasteiger partial charge in [0, 0.05) is 6.54 Å². The first-order chi connectivity index (χ1) is 9.56. The molecule has 2 rings (SSSR count). The van der Waals surface area contributed by atoms with E-state index in [-0.39, 0.29) is 12.1 Å². The van der Waals surface area contributed by atoms with E-state index in [1.54, 1.807) is 0 Å². The number of hydrogen-bond acceptors (Lipinski definition) is 1. The van der Waals surface area contributed by atoms with Crippen LogP contribution in [0.5, 0.6) is 0 Å². The summed E-state index contributed by atoms with van der Waals surface area (Å²) in [5.74, 6) is 0.472. The molecule has 0 aromatic heterocycles. The van der Waals surface area contributed by atoms with Crippen molar-refractivity contribution in [1.29, 1.82) is 0 Å². The van der Waals surface area contributed by atoms with Gasteiger partial charge in [-0.1, -0.05) is 32.0 Å². The van der Waals surface area contributed by atoms with Crippen LogP contribution in [0.1, 0.15) is 56.3 Å². The Hall–Kier alpha value is -1.51. The van der Waals surface area contributed by atoms with Gasteiger partial charge in [-0.15, -0.1) is 0 Å². The number of hydrogen-bond donors (Lipinski definition) is 2. The van der Waals surface area contributed by atoms with E-state index in [2.05, 4.69) is 42.7 Å². The summed E-state index contributed by atoms with van der Waals surface area (Å²) in [7, 11) is 0. The van der Waals surface area contributed by atoms with Crippen molar-refractivity contribution in [1.82, 2.24) is 10.6 Å². The smallest absolute Gasteiger partial charge is 0.315 e. The second-order valence-corrected chi connectivity index (χ2v) is 6.21. The Morgan fingerprint density at radius 1 is 1.15 bits per heavy atom. The first-order valence-electron chi connectivity index (χ1n) is 7.72. The lowest BCUT2D eigenvalue weighted by Gasteiger charge is -2.20. The number of nitrogens with one attached hydrogen (secondary N) is 2. The summed E-state index contributed by atoms with van der Waals surface area (Å²) in [6.45, 7) is 6.93. The Bertz CT molecular complexity index is 468. The molecule has 3 heteroatoms. The monoisotopic (exact) mass is 274 g/mol. The number of aryl methyl sites for hydroxylation is 2. The number of carbonyl (C=O) groups is 1. The summed E-state index contributed by atoms with van der Waals surface area (Å²) in [6, 6.07) is 6.62. The molecule has 1 aliphatic carbocycles. The first kappa shape index (κ1) is 14.9. The zero-order valence-corrected chi connectivity index (χ0v) is 12.8. The molecule has 0 saturated heterocycles. The van der Waals surface area contributed by atoms with E-state index in [9.17, 15) is 4.79 Å². The molecule has 0 fully saturated rings. The average molecular weight is 274 g/mol. The topological polar surface area (TPSA) is 41.1 Å². The lowest BCUT2D eigenvalue weighted by atomic mass is 9.89. The third-order valence-corrected chi connectivity index (χ3v) is 3.89. The number of urea groups is 1. The summed E-state index contributed by atoms with van der Waals surface area (Å²) in [5, 5.41) is 5.90. The average Bonchev–Trinajstić information content (AvgIpc) is 2.44. The molecule has 0 radical (unpaired) electrons. The molecule has 2 amide bonds. The number of fused-ring (bicyclic) bond motifs is 1. The summed E-state index contributed by atoms with van der Waals surface area (Å²) in [6.07, 6.45) is 4.96. The molecule has 110 valence electrons. The highest BCUT2D eigenvalue weighted by molar-refractivity contribution is 5.74. The van der Waals surface area contributed by atoms with Crippen molar-refractivity contribution in [3.05, 3.63) is 34.9 Å². The zero-order chi connectivity index (χ0) is 14.5. The van der Waals surface area contributed by atoms with Gasteiger partial charge in [0.05, 0.1) is 6.04 Å². The molecular weight excluding hydrogens is 248 g/mol. The van der Waals surface area contributed by atoms with E-state index in [1.807, 2.05) is 6.92 Å². The third-order valence-electron chi connectivity index (χ3n) is 3.89. The van der Waals surface area contributed by atoms with Crippen LogP contribution in [0.2, 0.25) is 0 Å². The van der Waals surface area contributed by atoms with E-state index in [4.69, 9.17) is 0 Å². The molecule has 1 atom stereocenters. The lowest BCUT2D eigenvalue weighted by Crippen LogP contribution is -2.38. The fourth-order valence-corrected chi connectivity index (χ4v) is 2.65. The van der Waals surface area contributed by atoms with Gasteiger partial charge < -0.3 is 10.6 Å². The zero-order valence-electron chi connectivity index (χ0n) is 12.8. The second kappa shape index (κ2) is 6.78. The molecule has 0 bridgehead atoms. The van der Waals surface area contributed by atoms with Crippen LogP contribution in [0, 0.1) is 5.92 Å². The first-order valence-corrected chi connectivity index (χ1v) is 7.72. The molecule has 1 aromatic rings. The molecule has 0 saturated carbocycles. The molecule has 0 aliphatic heterocycles. The van der Waals surface area contributed by atoms with Crippen LogP contribution < -0.4 is 10.6 Å². The summed E-state index contributed by atoms with van der Waals surface area (Å²) >= 11 is 0. The maximum atomic E-state index is 11.8. The fourth-order valence-electron chi connectivity index (χ4n) is 2.65. The number of rotatable bonds is 4. The van der Waals surface area contributed by atoms with Crippen molar-refractivity contribution < 1.29 is 4.79 Å². The SMILES string of the molecule is CC(C)CNC(=O)NC(C)c1ccc2c(c1)CCCC2. The minimum Gasteiger partial charge on any atom is -0.338 e. The number of amides is 2. The quantitative estimate of drug-likeness (QED) is 0.865. The van der Waals surface area contributed by atoms with Gasteiger partial charge in [-0.05, 0) is 55.2 Å². The van der Waals surface area contributed by atoms with E-state index in [0.717, 1.165) is 0 Å². The van der Waals surface area contributed by atoms with Crippen molar-refractivity contribution >= 4 is 6.03 Å². The van der Waals surface area contributed by atoms with E-state index in [1.165, 1.54) is 42.4 Å². The lowest BCUT2D eigenvalue weighted by molar-refractivity contribution is 0.236. The van der Waals surface area contributed by atoms with Crippen molar-refractivity contribution in [2.24, 2.45) is 5.92 Å². The van der Waals surface area contributed by atoms with Crippen LogP contribution in [-0.4, -0.2) is 12.6 Å². The van der Waals surface area contributed by atoms with Crippen LogP contribution in [0.3, 0.4) is 0 Å². The van der Waals surface area contributed by atoms with Crippen molar-refractivity contribution in [2.45, 2.75) is 52.5 Å². The minimum absolute atomic E-state index is 0.0504. The van der Waals surface area contributed by atoms with Crippen LogP contribution in [0.15, 0.2) is 18.2 Å². The fraction of sp³-hybridized carbons (Fsp3) is 0.588. The molecule has 0 heterocycles. The Morgan fingerprint density at radius 2 is 1.85 bits per heavy atom. The normalized spacial score (nSPS) is 15.6. The van der Waals surface area contributed by atoms with Gasteiger partial charge >= 0.3 is 6.03 Å². The molecule has 2 N–H and O–H groups in total. The predicted octanol–water partition coefficient (Wildman–Crippen LogP) is 3.58.